The van der Waals surface area contributed by atoms with Crippen LogP contribution in [-0.4, -0.2) is 18.0 Å². The van der Waals surface area contributed by atoms with Crippen molar-refractivity contribution in [2.75, 3.05) is 13.1 Å². The van der Waals surface area contributed by atoms with Gasteiger partial charge in [0.25, 0.3) is 0 Å². The molecule has 1 heterocycles. The second kappa shape index (κ2) is 4.89. The molecule has 1 fully saturated rings. The third-order valence-electron chi connectivity index (χ3n) is 3.81. The molecule has 0 radical (unpaired) electrons. The Morgan fingerprint density at radius 3 is 2.24 bits per heavy atom. The number of hydrogen-bond donors (Lipinski definition) is 0. The van der Waals surface area contributed by atoms with Crippen molar-refractivity contribution in [3.63, 3.8) is 0 Å². The maximum atomic E-state index is 9.43. The van der Waals surface area contributed by atoms with Crippen molar-refractivity contribution in [1.82, 2.24) is 4.90 Å². The zero-order chi connectivity index (χ0) is 12.4. The summed E-state index contributed by atoms with van der Waals surface area (Å²) in [5.41, 5.74) is 5.03. The maximum Gasteiger partial charge on any atom is 0.124 e. The summed E-state index contributed by atoms with van der Waals surface area (Å²) >= 11 is 0. The first-order valence-corrected chi connectivity index (χ1v) is 6.35. The minimum atomic E-state index is -0.0585. The molecule has 2 nitrogen and oxygen atoms in total. The number of rotatable bonds is 2. The molecular weight excluding hydrogens is 208 g/mol. The number of hydrogen-bond acceptors (Lipinski definition) is 2. The lowest BCUT2D eigenvalue weighted by atomic mass is 9.95. The first-order chi connectivity index (χ1) is 8.13. The molecule has 0 saturated carbocycles. The second-order valence-electron chi connectivity index (χ2n) is 5.07. The average Bonchev–Trinajstić information content (AvgIpc) is 2.80. The molecule has 1 aromatic carbocycles. The largest absolute Gasteiger partial charge is 0.284 e. The van der Waals surface area contributed by atoms with E-state index in [0.29, 0.717) is 0 Å². The third kappa shape index (κ3) is 2.35. The summed E-state index contributed by atoms with van der Waals surface area (Å²) in [4.78, 5) is 2.30. The van der Waals surface area contributed by atoms with E-state index in [4.69, 9.17) is 0 Å². The second-order valence-corrected chi connectivity index (χ2v) is 5.07. The van der Waals surface area contributed by atoms with Gasteiger partial charge in [-0.3, -0.25) is 4.90 Å². The van der Waals surface area contributed by atoms with Crippen molar-refractivity contribution in [2.24, 2.45) is 0 Å². The van der Waals surface area contributed by atoms with Gasteiger partial charge in [0, 0.05) is 0 Å². The molecule has 1 aromatic rings. The van der Waals surface area contributed by atoms with Gasteiger partial charge in [0.05, 0.1) is 6.07 Å². The van der Waals surface area contributed by atoms with E-state index in [1.165, 1.54) is 35.1 Å². The van der Waals surface area contributed by atoms with Crippen molar-refractivity contribution >= 4 is 0 Å². The van der Waals surface area contributed by atoms with Crippen LogP contribution in [0.5, 0.6) is 0 Å². The number of nitrogens with zero attached hydrogens (tertiary/aromatic N) is 2. The zero-order valence-corrected chi connectivity index (χ0v) is 11.0. The van der Waals surface area contributed by atoms with Crippen LogP contribution in [0.15, 0.2) is 12.1 Å². The Balaban J connectivity index is 2.37. The lowest BCUT2D eigenvalue weighted by Crippen LogP contribution is -2.25. The smallest absolute Gasteiger partial charge is 0.124 e. The minimum Gasteiger partial charge on any atom is -0.284 e. The summed E-state index contributed by atoms with van der Waals surface area (Å²) < 4.78 is 0. The van der Waals surface area contributed by atoms with Crippen molar-refractivity contribution in [1.29, 1.82) is 5.26 Å². The summed E-state index contributed by atoms with van der Waals surface area (Å²) in [5.74, 6) is 0. The highest BCUT2D eigenvalue weighted by Gasteiger charge is 2.24. The molecule has 0 N–H and O–H groups in total. The van der Waals surface area contributed by atoms with Crippen molar-refractivity contribution < 1.29 is 0 Å². The molecule has 0 aromatic heterocycles. The molecule has 2 heteroatoms. The van der Waals surface area contributed by atoms with Crippen LogP contribution in [0.1, 0.15) is 41.1 Å². The van der Waals surface area contributed by atoms with Gasteiger partial charge in [0.15, 0.2) is 0 Å². The van der Waals surface area contributed by atoms with Crippen LogP contribution in [-0.2, 0) is 0 Å². The molecule has 17 heavy (non-hydrogen) atoms. The van der Waals surface area contributed by atoms with Crippen molar-refractivity contribution in [3.8, 4) is 6.07 Å². The van der Waals surface area contributed by atoms with E-state index in [0.717, 1.165) is 13.1 Å². The van der Waals surface area contributed by atoms with E-state index in [2.05, 4.69) is 43.9 Å². The Bertz CT molecular complexity index is 451. The predicted molar refractivity (Wildman–Crippen MR) is 69.8 cm³/mol. The Kier molecular flexibility index (Phi) is 3.49. The zero-order valence-electron chi connectivity index (χ0n) is 11.0. The molecule has 90 valence electrons. The van der Waals surface area contributed by atoms with Crippen LogP contribution in [0.4, 0.5) is 0 Å². The predicted octanol–water partition coefficient (Wildman–Crippen LogP) is 3.27. The fourth-order valence-electron chi connectivity index (χ4n) is 2.63. The quantitative estimate of drug-likeness (QED) is 0.776. The van der Waals surface area contributed by atoms with Gasteiger partial charge in [0.2, 0.25) is 0 Å². The summed E-state index contributed by atoms with van der Waals surface area (Å²) in [7, 11) is 0. The first-order valence-electron chi connectivity index (χ1n) is 6.35. The van der Waals surface area contributed by atoms with E-state index in [1.807, 2.05) is 0 Å². The minimum absolute atomic E-state index is 0.0585. The van der Waals surface area contributed by atoms with E-state index < -0.39 is 0 Å². The van der Waals surface area contributed by atoms with Crippen molar-refractivity contribution in [3.05, 3.63) is 34.4 Å². The van der Waals surface area contributed by atoms with Gasteiger partial charge in [-0.2, -0.15) is 5.26 Å². The number of benzene rings is 1. The molecule has 1 saturated heterocycles. The molecule has 1 aliphatic heterocycles. The molecule has 0 bridgehead atoms. The highest BCUT2D eigenvalue weighted by atomic mass is 15.2. The van der Waals surface area contributed by atoms with Gasteiger partial charge in [0.1, 0.15) is 6.04 Å². The molecular formula is C15H20N2. The van der Waals surface area contributed by atoms with Gasteiger partial charge in [-0.05, 0) is 69.0 Å². The maximum absolute atomic E-state index is 9.43. The highest BCUT2D eigenvalue weighted by molar-refractivity contribution is 5.40. The Morgan fingerprint density at radius 1 is 1.06 bits per heavy atom. The highest BCUT2D eigenvalue weighted by Crippen LogP contribution is 2.28. The monoisotopic (exact) mass is 228 g/mol. The standard InChI is InChI=1S/C15H20N2/c1-11-8-13(3)14(9-12(11)2)15(10-16)17-6-4-5-7-17/h8-9,15H,4-7H2,1-3H3. The van der Waals surface area contributed by atoms with Gasteiger partial charge in [-0.15, -0.1) is 0 Å². The van der Waals surface area contributed by atoms with Crippen LogP contribution in [0.2, 0.25) is 0 Å². The van der Waals surface area contributed by atoms with Gasteiger partial charge >= 0.3 is 0 Å². The van der Waals surface area contributed by atoms with E-state index in [-0.39, 0.29) is 6.04 Å². The van der Waals surface area contributed by atoms with Crippen LogP contribution < -0.4 is 0 Å². The Hall–Kier alpha value is -1.33. The Labute approximate surface area is 104 Å². The fraction of sp³-hybridized carbons (Fsp3) is 0.533. The normalized spacial score (nSPS) is 18.0. The number of aryl methyl sites for hydroxylation is 3. The van der Waals surface area contributed by atoms with Gasteiger partial charge in [-0.1, -0.05) is 12.1 Å². The SMILES string of the molecule is Cc1cc(C)c(C(C#N)N2CCCC2)cc1C. The topological polar surface area (TPSA) is 27.0 Å². The summed E-state index contributed by atoms with van der Waals surface area (Å²) in [6, 6.07) is 6.81. The van der Waals surface area contributed by atoms with Crippen LogP contribution in [0, 0.1) is 32.1 Å². The molecule has 1 unspecified atom stereocenters. The first kappa shape index (κ1) is 12.1. The van der Waals surface area contributed by atoms with Crippen LogP contribution in [0.3, 0.4) is 0 Å². The summed E-state index contributed by atoms with van der Waals surface area (Å²) in [6.07, 6.45) is 2.45. The molecule has 0 aliphatic carbocycles. The van der Waals surface area contributed by atoms with E-state index in [9.17, 15) is 5.26 Å². The fourth-order valence-corrected chi connectivity index (χ4v) is 2.63. The van der Waals surface area contributed by atoms with Crippen molar-refractivity contribution in [2.45, 2.75) is 39.7 Å². The number of nitriles is 1. The summed E-state index contributed by atoms with van der Waals surface area (Å²) in [6.45, 7) is 8.48. The average molecular weight is 228 g/mol. The third-order valence-corrected chi connectivity index (χ3v) is 3.81. The molecule has 1 atom stereocenters. The van der Waals surface area contributed by atoms with E-state index in [1.54, 1.807) is 0 Å². The van der Waals surface area contributed by atoms with Gasteiger partial charge < -0.3 is 0 Å². The lowest BCUT2D eigenvalue weighted by molar-refractivity contribution is 0.293. The van der Waals surface area contributed by atoms with E-state index >= 15 is 0 Å². The molecule has 0 amide bonds. The number of likely N-dealkylation sites (tertiary alicyclic amines) is 1. The van der Waals surface area contributed by atoms with Gasteiger partial charge in [-0.25, -0.2) is 0 Å². The summed E-state index contributed by atoms with van der Waals surface area (Å²) in [5, 5.41) is 9.43. The van der Waals surface area contributed by atoms with Crippen LogP contribution in [0.25, 0.3) is 0 Å². The Morgan fingerprint density at radius 2 is 1.65 bits per heavy atom. The molecule has 2 rings (SSSR count). The molecule has 1 aliphatic rings. The molecule has 0 spiro atoms. The van der Waals surface area contributed by atoms with Crippen LogP contribution >= 0.6 is 0 Å². The lowest BCUT2D eigenvalue weighted by Gasteiger charge is -2.23.